The molecule has 1 aliphatic rings. The van der Waals surface area contributed by atoms with Crippen LogP contribution in [0.3, 0.4) is 0 Å². The number of carbonyl (C=O) groups excluding carboxylic acids is 1. The molecule has 0 spiro atoms. The molecule has 0 aromatic carbocycles. The summed E-state index contributed by atoms with van der Waals surface area (Å²) >= 11 is 3.46. The number of hydrogen-bond acceptors (Lipinski definition) is 2. The number of hydrogen-bond donors (Lipinski definition) is 1. The van der Waals surface area contributed by atoms with Crippen molar-refractivity contribution in [2.24, 2.45) is 0 Å². The minimum absolute atomic E-state index is 0.129. The van der Waals surface area contributed by atoms with E-state index in [1.165, 1.54) is 0 Å². The van der Waals surface area contributed by atoms with Crippen molar-refractivity contribution in [1.82, 2.24) is 9.47 Å². The van der Waals surface area contributed by atoms with Gasteiger partial charge in [-0.3, -0.25) is 4.79 Å². The van der Waals surface area contributed by atoms with Crippen LogP contribution in [0.15, 0.2) is 16.7 Å². The zero-order valence-electron chi connectivity index (χ0n) is 12.0. The lowest BCUT2D eigenvalue weighted by atomic mass is 10.1. The van der Waals surface area contributed by atoms with Crippen molar-refractivity contribution in [2.45, 2.75) is 51.6 Å². The molecule has 2 heterocycles. The Balaban J connectivity index is 2.13. The van der Waals surface area contributed by atoms with Crippen LogP contribution in [0, 0.1) is 0 Å². The van der Waals surface area contributed by atoms with Gasteiger partial charge in [-0.1, -0.05) is 6.92 Å². The fourth-order valence-corrected chi connectivity index (χ4v) is 3.42. The summed E-state index contributed by atoms with van der Waals surface area (Å²) in [4.78, 5) is 14.7. The second-order valence-electron chi connectivity index (χ2n) is 5.40. The summed E-state index contributed by atoms with van der Waals surface area (Å²) in [5.41, 5.74) is 0.773. The second kappa shape index (κ2) is 7.27. The average Bonchev–Trinajstić information content (AvgIpc) is 3.02. The lowest BCUT2D eigenvalue weighted by molar-refractivity contribution is 0.0713. The largest absolute Gasteiger partial charge is 0.396 e. The Labute approximate surface area is 128 Å². The summed E-state index contributed by atoms with van der Waals surface area (Å²) in [7, 11) is 0. The van der Waals surface area contributed by atoms with Crippen LogP contribution in [0.4, 0.5) is 0 Å². The van der Waals surface area contributed by atoms with Crippen LogP contribution in [0.2, 0.25) is 0 Å². The van der Waals surface area contributed by atoms with E-state index >= 15 is 0 Å². The maximum atomic E-state index is 12.8. The Kier molecular flexibility index (Phi) is 5.66. The summed E-state index contributed by atoms with van der Waals surface area (Å²) in [5, 5.41) is 8.97. The Morgan fingerprint density at radius 3 is 3.05 bits per heavy atom. The highest BCUT2D eigenvalue weighted by Gasteiger charge is 2.30. The molecule has 1 aromatic heterocycles. The SMILES string of the molecule is CCCn1cc(Br)cc1C(=O)N1CCCC1CCCO. The van der Waals surface area contributed by atoms with Crippen molar-refractivity contribution in [3.05, 3.63) is 22.4 Å². The number of aryl methyl sites for hydroxylation is 1. The summed E-state index contributed by atoms with van der Waals surface area (Å²) < 4.78 is 2.99. The first-order valence-corrected chi connectivity index (χ1v) is 8.24. The van der Waals surface area contributed by atoms with Crippen LogP contribution in [0.1, 0.15) is 49.5 Å². The zero-order chi connectivity index (χ0) is 14.5. The molecule has 1 fully saturated rings. The first-order chi connectivity index (χ1) is 9.67. The third kappa shape index (κ3) is 3.44. The molecule has 2 rings (SSSR count). The second-order valence-corrected chi connectivity index (χ2v) is 6.31. The van der Waals surface area contributed by atoms with Crippen molar-refractivity contribution in [3.63, 3.8) is 0 Å². The number of likely N-dealkylation sites (tertiary alicyclic amines) is 1. The molecule has 1 unspecified atom stereocenters. The van der Waals surface area contributed by atoms with Gasteiger partial charge in [-0.05, 0) is 54.1 Å². The fraction of sp³-hybridized carbons (Fsp3) is 0.667. The zero-order valence-corrected chi connectivity index (χ0v) is 13.6. The summed E-state index contributed by atoms with van der Waals surface area (Å²) in [6.45, 7) is 4.02. The molecule has 1 aromatic rings. The molecule has 1 amide bonds. The first-order valence-electron chi connectivity index (χ1n) is 7.45. The van der Waals surface area contributed by atoms with Gasteiger partial charge in [0.15, 0.2) is 0 Å². The maximum Gasteiger partial charge on any atom is 0.270 e. The smallest absolute Gasteiger partial charge is 0.270 e. The summed E-state index contributed by atoms with van der Waals surface area (Å²) in [5.74, 6) is 0.129. The molecule has 4 nitrogen and oxygen atoms in total. The van der Waals surface area contributed by atoms with Gasteiger partial charge in [-0.25, -0.2) is 0 Å². The van der Waals surface area contributed by atoms with Gasteiger partial charge in [0.2, 0.25) is 0 Å². The van der Waals surface area contributed by atoms with E-state index in [1.807, 2.05) is 21.7 Å². The van der Waals surface area contributed by atoms with Crippen LogP contribution in [-0.2, 0) is 6.54 Å². The summed E-state index contributed by atoms with van der Waals surface area (Å²) in [6.07, 6.45) is 6.79. The van der Waals surface area contributed by atoms with Gasteiger partial charge in [0.1, 0.15) is 5.69 Å². The average molecular weight is 343 g/mol. The molecular formula is C15H23BrN2O2. The Bertz CT molecular complexity index is 459. The highest BCUT2D eigenvalue weighted by molar-refractivity contribution is 9.10. The van der Waals surface area contributed by atoms with Crippen LogP contribution in [-0.4, -0.2) is 39.7 Å². The topological polar surface area (TPSA) is 45.5 Å². The number of aliphatic hydroxyl groups is 1. The Hall–Kier alpha value is -0.810. The van der Waals surface area contributed by atoms with E-state index in [4.69, 9.17) is 5.11 Å². The minimum Gasteiger partial charge on any atom is -0.396 e. The Morgan fingerprint density at radius 2 is 2.35 bits per heavy atom. The molecule has 0 aliphatic carbocycles. The highest BCUT2D eigenvalue weighted by atomic mass is 79.9. The predicted octanol–water partition coefficient (Wildman–Crippen LogP) is 3.04. The number of aromatic nitrogens is 1. The molecule has 20 heavy (non-hydrogen) atoms. The number of halogens is 1. The molecular weight excluding hydrogens is 320 g/mol. The van der Waals surface area contributed by atoms with Crippen LogP contribution < -0.4 is 0 Å². The fourth-order valence-electron chi connectivity index (χ4n) is 2.96. The van der Waals surface area contributed by atoms with Crippen molar-refractivity contribution in [3.8, 4) is 0 Å². The number of nitrogens with zero attached hydrogens (tertiary/aromatic N) is 2. The molecule has 0 bridgehead atoms. The predicted molar refractivity (Wildman–Crippen MR) is 82.8 cm³/mol. The molecule has 5 heteroatoms. The molecule has 0 radical (unpaired) electrons. The van der Waals surface area contributed by atoms with E-state index < -0.39 is 0 Å². The monoisotopic (exact) mass is 342 g/mol. The van der Waals surface area contributed by atoms with Crippen molar-refractivity contribution in [1.29, 1.82) is 0 Å². The molecule has 0 saturated carbocycles. The van der Waals surface area contributed by atoms with E-state index in [1.54, 1.807) is 0 Å². The quantitative estimate of drug-likeness (QED) is 0.863. The van der Waals surface area contributed by atoms with Gasteiger partial charge in [-0.2, -0.15) is 0 Å². The van der Waals surface area contributed by atoms with E-state index in [2.05, 4.69) is 22.9 Å². The van der Waals surface area contributed by atoms with Gasteiger partial charge >= 0.3 is 0 Å². The lowest BCUT2D eigenvalue weighted by Crippen LogP contribution is -2.36. The van der Waals surface area contributed by atoms with Gasteiger partial charge < -0.3 is 14.6 Å². The molecule has 1 atom stereocenters. The third-order valence-corrected chi connectivity index (χ3v) is 4.31. The van der Waals surface area contributed by atoms with E-state index in [-0.39, 0.29) is 12.5 Å². The number of carbonyl (C=O) groups is 1. The molecule has 112 valence electrons. The standard InChI is InChI=1S/C15H23BrN2O2/c1-2-7-17-11-12(16)10-14(17)15(20)18-8-3-5-13(18)6-4-9-19/h10-11,13,19H,2-9H2,1H3. The lowest BCUT2D eigenvalue weighted by Gasteiger charge is -2.25. The minimum atomic E-state index is 0.129. The van der Waals surface area contributed by atoms with Crippen molar-refractivity contribution in [2.75, 3.05) is 13.2 Å². The van der Waals surface area contributed by atoms with Gasteiger partial charge in [0, 0.05) is 36.4 Å². The van der Waals surface area contributed by atoms with Gasteiger partial charge in [0.25, 0.3) is 5.91 Å². The Morgan fingerprint density at radius 1 is 1.55 bits per heavy atom. The molecule has 1 N–H and O–H groups in total. The molecule has 1 aliphatic heterocycles. The summed E-state index contributed by atoms with van der Waals surface area (Å²) in [6, 6.07) is 2.21. The van der Waals surface area contributed by atoms with Crippen molar-refractivity contribution < 1.29 is 9.90 Å². The van der Waals surface area contributed by atoms with Gasteiger partial charge in [-0.15, -0.1) is 0 Å². The normalized spacial score (nSPS) is 18.8. The van der Waals surface area contributed by atoms with Crippen molar-refractivity contribution >= 4 is 21.8 Å². The van der Waals surface area contributed by atoms with E-state index in [0.717, 1.165) is 55.4 Å². The maximum absolute atomic E-state index is 12.8. The molecule has 1 saturated heterocycles. The van der Waals surface area contributed by atoms with E-state index in [0.29, 0.717) is 6.04 Å². The third-order valence-electron chi connectivity index (χ3n) is 3.88. The number of rotatable bonds is 6. The van der Waals surface area contributed by atoms with Crippen LogP contribution >= 0.6 is 15.9 Å². The number of amides is 1. The number of aliphatic hydroxyl groups excluding tert-OH is 1. The van der Waals surface area contributed by atoms with Crippen LogP contribution in [0.5, 0.6) is 0 Å². The van der Waals surface area contributed by atoms with E-state index in [9.17, 15) is 4.79 Å². The first kappa shape index (κ1) is 15.6. The highest BCUT2D eigenvalue weighted by Crippen LogP contribution is 2.25. The van der Waals surface area contributed by atoms with Gasteiger partial charge in [0.05, 0.1) is 0 Å². The van der Waals surface area contributed by atoms with Crippen LogP contribution in [0.25, 0.3) is 0 Å².